The molecule has 0 radical (unpaired) electrons. The van der Waals surface area contributed by atoms with E-state index in [1.165, 1.54) is 21.2 Å². The summed E-state index contributed by atoms with van der Waals surface area (Å²) in [7, 11) is 0. The number of benzene rings is 6. The number of fused-ring (bicyclic) bond motifs is 2. The van der Waals surface area contributed by atoms with E-state index in [1.54, 1.807) is 0 Å². The summed E-state index contributed by atoms with van der Waals surface area (Å²) >= 11 is 1.81. The summed E-state index contributed by atoms with van der Waals surface area (Å²) < 4.78 is 0. The van der Waals surface area contributed by atoms with Crippen molar-refractivity contribution in [1.29, 1.82) is 0 Å². The third-order valence-electron chi connectivity index (χ3n) is 7.71. The summed E-state index contributed by atoms with van der Waals surface area (Å²) in [5, 5.41) is 0. The predicted molar refractivity (Wildman–Crippen MR) is 180 cm³/mol. The fourth-order valence-electron chi connectivity index (χ4n) is 5.56. The summed E-state index contributed by atoms with van der Waals surface area (Å²) in [6.07, 6.45) is 0. The second-order valence-electron chi connectivity index (χ2n) is 10.5. The van der Waals surface area contributed by atoms with Crippen LogP contribution in [0.15, 0.2) is 168 Å². The molecule has 0 N–H and O–H groups in total. The molecule has 0 unspecified atom stereocenters. The maximum absolute atomic E-state index is 5.01. The maximum Gasteiger partial charge on any atom is 0.164 e. The van der Waals surface area contributed by atoms with Crippen LogP contribution in [0.4, 0.5) is 17.1 Å². The summed E-state index contributed by atoms with van der Waals surface area (Å²) in [5.41, 5.74) is 8.55. The van der Waals surface area contributed by atoms with Gasteiger partial charge in [0, 0.05) is 32.2 Å². The molecular formula is C39H26N4S. The van der Waals surface area contributed by atoms with E-state index < -0.39 is 0 Å². The van der Waals surface area contributed by atoms with Crippen molar-refractivity contribution in [3.05, 3.63) is 158 Å². The van der Waals surface area contributed by atoms with Crippen LogP contribution in [-0.4, -0.2) is 15.0 Å². The molecule has 1 aliphatic heterocycles. The first kappa shape index (κ1) is 26.1. The van der Waals surface area contributed by atoms with Gasteiger partial charge in [-0.1, -0.05) is 115 Å². The molecule has 0 atom stereocenters. The van der Waals surface area contributed by atoms with Gasteiger partial charge in [-0.15, -0.1) is 0 Å². The van der Waals surface area contributed by atoms with E-state index >= 15 is 0 Å². The Morgan fingerprint density at radius 1 is 0.364 bits per heavy atom. The third kappa shape index (κ3) is 4.93. The normalized spacial score (nSPS) is 12.0. The minimum atomic E-state index is 0.639. The maximum atomic E-state index is 5.01. The van der Waals surface area contributed by atoms with Crippen LogP contribution in [0.3, 0.4) is 0 Å². The van der Waals surface area contributed by atoms with Crippen molar-refractivity contribution < 1.29 is 0 Å². The molecule has 0 saturated heterocycles. The van der Waals surface area contributed by atoms with Crippen LogP contribution >= 0.6 is 11.8 Å². The minimum Gasteiger partial charge on any atom is -0.308 e. The molecule has 0 fully saturated rings. The van der Waals surface area contributed by atoms with Gasteiger partial charge in [0.2, 0.25) is 0 Å². The molecule has 4 nitrogen and oxygen atoms in total. The number of aromatic nitrogens is 3. The van der Waals surface area contributed by atoms with Crippen LogP contribution in [0.2, 0.25) is 0 Å². The van der Waals surface area contributed by atoms with Gasteiger partial charge in [0.05, 0.1) is 11.4 Å². The van der Waals surface area contributed by atoms with Crippen LogP contribution in [0, 0.1) is 0 Å². The van der Waals surface area contributed by atoms with Crippen molar-refractivity contribution in [2.24, 2.45) is 0 Å². The zero-order valence-corrected chi connectivity index (χ0v) is 24.5. The molecule has 2 heterocycles. The Morgan fingerprint density at radius 2 is 0.818 bits per heavy atom. The second-order valence-corrected chi connectivity index (χ2v) is 11.6. The van der Waals surface area contributed by atoms with Gasteiger partial charge >= 0.3 is 0 Å². The standard InChI is InChI=1S/C39H26N4S/c1-3-12-27(13-4-1)30-16-11-17-31(26-30)39-41-37(28-14-5-2-6-15-28)40-38(42-39)29-22-24-32(25-23-29)43-33-18-7-9-20-35(33)44-36-21-10-8-19-34(36)43/h1-26H. The van der Waals surface area contributed by atoms with E-state index in [4.69, 9.17) is 15.0 Å². The SMILES string of the molecule is c1ccc(-c2cccc(-c3nc(-c4ccccc4)nc(-c4ccc(N5c6ccccc6Sc6ccccc65)cc4)n3)c2)cc1. The van der Waals surface area contributed by atoms with Crippen molar-refractivity contribution >= 4 is 28.8 Å². The van der Waals surface area contributed by atoms with E-state index in [2.05, 4.69) is 126 Å². The Hall–Kier alpha value is -5.52. The topological polar surface area (TPSA) is 41.9 Å². The quantitative estimate of drug-likeness (QED) is 0.202. The molecule has 44 heavy (non-hydrogen) atoms. The Labute approximate surface area is 260 Å². The van der Waals surface area contributed by atoms with Crippen molar-refractivity contribution in [1.82, 2.24) is 15.0 Å². The average molecular weight is 583 g/mol. The van der Waals surface area contributed by atoms with Crippen LogP contribution in [-0.2, 0) is 0 Å². The van der Waals surface area contributed by atoms with Crippen molar-refractivity contribution in [3.8, 4) is 45.3 Å². The van der Waals surface area contributed by atoms with E-state index in [0.717, 1.165) is 33.5 Å². The van der Waals surface area contributed by atoms with Gasteiger partial charge in [0.25, 0.3) is 0 Å². The minimum absolute atomic E-state index is 0.639. The second kappa shape index (κ2) is 11.3. The van der Waals surface area contributed by atoms with Gasteiger partial charge in [-0.25, -0.2) is 15.0 Å². The number of para-hydroxylation sites is 2. The third-order valence-corrected chi connectivity index (χ3v) is 8.84. The molecule has 208 valence electrons. The monoisotopic (exact) mass is 582 g/mol. The smallest absolute Gasteiger partial charge is 0.164 e. The Bertz CT molecular complexity index is 2050. The van der Waals surface area contributed by atoms with Gasteiger partial charge in [0.15, 0.2) is 17.5 Å². The molecule has 5 heteroatoms. The molecule has 6 aromatic carbocycles. The molecule has 0 spiro atoms. The summed E-state index contributed by atoms with van der Waals surface area (Å²) in [6.45, 7) is 0. The zero-order chi connectivity index (χ0) is 29.3. The fourth-order valence-corrected chi connectivity index (χ4v) is 6.62. The molecular weight excluding hydrogens is 557 g/mol. The number of rotatable bonds is 5. The first-order chi connectivity index (χ1) is 21.8. The lowest BCUT2D eigenvalue weighted by Gasteiger charge is -2.32. The fraction of sp³-hybridized carbons (Fsp3) is 0. The number of nitrogens with zero attached hydrogens (tertiary/aromatic N) is 4. The van der Waals surface area contributed by atoms with Crippen LogP contribution in [0.1, 0.15) is 0 Å². The lowest BCUT2D eigenvalue weighted by Crippen LogP contribution is -2.14. The molecule has 0 saturated carbocycles. The van der Waals surface area contributed by atoms with Crippen LogP contribution in [0.25, 0.3) is 45.3 Å². The lowest BCUT2D eigenvalue weighted by atomic mass is 10.0. The van der Waals surface area contributed by atoms with Gasteiger partial charge in [-0.3, -0.25) is 0 Å². The highest BCUT2D eigenvalue weighted by Crippen LogP contribution is 2.51. The molecule has 0 aliphatic carbocycles. The summed E-state index contributed by atoms with van der Waals surface area (Å²) in [6, 6.07) is 54.5. The number of hydrogen-bond donors (Lipinski definition) is 0. The van der Waals surface area contributed by atoms with E-state index in [-0.39, 0.29) is 0 Å². The average Bonchev–Trinajstić information content (AvgIpc) is 3.11. The highest BCUT2D eigenvalue weighted by molar-refractivity contribution is 7.99. The predicted octanol–water partition coefficient (Wildman–Crippen LogP) is 10.5. The summed E-state index contributed by atoms with van der Waals surface area (Å²) in [4.78, 5) is 19.7. The summed E-state index contributed by atoms with van der Waals surface area (Å²) in [5.74, 6) is 1.93. The van der Waals surface area contributed by atoms with Crippen molar-refractivity contribution in [3.63, 3.8) is 0 Å². The Morgan fingerprint density at radius 3 is 1.43 bits per heavy atom. The number of anilines is 3. The Kier molecular flexibility index (Phi) is 6.70. The first-order valence-electron chi connectivity index (χ1n) is 14.5. The van der Waals surface area contributed by atoms with Gasteiger partial charge in [-0.2, -0.15) is 0 Å². The zero-order valence-electron chi connectivity index (χ0n) is 23.7. The first-order valence-corrected chi connectivity index (χ1v) is 15.4. The largest absolute Gasteiger partial charge is 0.308 e. The van der Waals surface area contributed by atoms with E-state index in [1.807, 2.05) is 48.2 Å². The van der Waals surface area contributed by atoms with Gasteiger partial charge in [-0.05, 0) is 65.7 Å². The van der Waals surface area contributed by atoms with Gasteiger partial charge < -0.3 is 4.90 Å². The highest BCUT2D eigenvalue weighted by atomic mass is 32.2. The molecule has 0 amide bonds. The molecule has 8 rings (SSSR count). The van der Waals surface area contributed by atoms with Crippen molar-refractivity contribution in [2.45, 2.75) is 9.79 Å². The molecule has 1 aromatic heterocycles. The van der Waals surface area contributed by atoms with E-state index in [9.17, 15) is 0 Å². The molecule has 1 aliphatic rings. The molecule has 0 bridgehead atoms. The number of hydrogen-bond acceptors (Lipinski definition) is 5. The van der Waals surface area contributed by atoms with E-state index in [0.29, 0.717) is 17.5 Å². The van der Waals surface area contributed by atoms with Gasteiger partial charge in [0.1, 0.15) is 0 Å². The lowest BCUT2D eigenvalue weighted by molar-refractivity contribution is 1.07. The Balaban J connectivity index is 1.22. The highest BCUT2D eigenvalue weighted by Gasteiger charge is 2.24. The van der Waals surface area contributed by atoms with Crippen molar-refractivity contribution in [2.75, 3.05) is 4.90 Å². The van der Waals surface area contributed by atoms with Crippen LogP contribution in [0.5, 0.6) is 0 Å². The van der Waals surface area contributed by atoms with Crippen LogP contribution < -0.4 is 4.90 Å². The molecule has 7 aromatic rings.